The Balaban J connectivity index is 2.39. The van der Waals surface area contributed by atoms with Crippen molar-refractivity contribution in [2.45, 2.75) is 19.3 Å². The molecule has 0 aliphatic heterocycles. The summed E-state index contributed by atoms with van der Waals surface area (Å²) >= 11 is 0. The Labute approximate surface area is 93.9 Å². The highest BCUT2D eigenvalue weighted by Gasteiger charge is 2.45. The summed E-state index contributed by atoms with van der Waals surface area (Å²) < 4.78 is 0. The van der Waals surface area contributed by atoms with Crippen LogP contribution >= 0.6 is 0 Å². The van der Waals surface area contributed by atoms with E-state index >= 15 is 0 Å². The molecule has 0 fully saturated rings. The molecule has 0 aromatic heterocycles. The molecule has 0 radical (unpaired) electrons. The number of benzene rings is 1. The van der Waals surface area contributed by atoms with Gasteiger partial charge in [-0.2, -0.15) is 10.5 Å². The average molecular weight is 210 g/mol. The Hall–Kier alpha value is -2.13. The molecule has 2 rings (SSSR count). The highest BCUT2D eigenvalue weighted by Crippen LogP contribution is 2.39. The van der Waals surface area contributed by atoms with Crippen molar-refractivity contribution >= 4 is 5.78 Å². The minimum atomic E-state index is -1.00. The van der Waals surface area contributed by atoms with Crippen molar-refractivity contribution in [2.75, 3.05) is 0 Å². The molecule has 0 spiro atoms. The van der Waals surface area contributed by atoms with E-state index in [0.717, 1.165) is 5.56 Å². The standard InChI is InChI=1S/C13H10N2O/c14-7-3-6-13(9-15)8-10-4-1-2-5-11(10)12(13)16/h1-2,4-5H,3,6,8H2. The summed E-state index contributed by atoms with van der Waals surface area (Å²) in [6, 6.07) is 11.4. The Morgan fingerprint density at radius 3 is 2.69 bits per heavy atom. The van der Waals surface area contributed by atoms with E-state index in [4.69, 9.17) is 5.26 Å². The fourth-order valence-corrected chi connectivity index (χ4v) is 2.18. The van der Waals surface area contributed by atoms with E-state index in [1.807, 2.05) is 18.2 Å². The molecule has 16 heavy (non-hydrogen) atoms. The van der Waals surface area contributed by atoms with Gasteiger partial charge in [0, 0.05) is 12.0 Å². The number of fused-ring (bicyclic) bond motifs is 1. The lowest BCUT2D eigenvalue weighted by Crippen LogP contribution is -2.25. The molecular formula is C13H10N2O. The van der Waals surface area contributed by atoms with Gasteiger partial charge in [-0.3, -0.25) is 4.79 Å². The molecule has 1 unspecified atom stereocenters. The summed E-state index contributed by atoms with van der Waals surface area (Å²) in [4.78, 5) is 12.1. The molecule has 0 amide bonds. The number of hydrogen-bond donors (Lipinski definition) is 0. The zero-order valence-electron chi connectivity index (χ0n) is 8.73. The minimum absolute atomic E-state index is 0.124. The van der Waals surface area contributed by atoms with Crippen LogP contribution in [-0.4, -0.2) is 5.78 Å². The minimum Gasteiger partial charge on any atom is -0.292 e. The lowest BCUT2D eigenvalue weighted by atomic mass is 9.81. The number of carbonyl (C=O) groups is 1. The molecule has 0 bridgehead atoms. The van der Waals surface area contributed by atoms with Gasteiger partial charge >= 0.3 is 0 Å². The van der Waals surface area contributed by atoms with E-state index in [1.165, 1.54) is 0 Å². The topological polar surface area (TPSA) is 64.7 Å². The van der Waals surface area contributed by atoms with Crippen LogP contribution in [0.15, 0.2) is 24.3 Å². The second kappa shape index (κ2) is 3.79. The number of rotatable bonds is 2. The predicted octanol–water partition coefficient (Wildman–Crippen LogP) is 2.24. The van der Waals surface area contributed by atoms with Crippen molar-refractivity contribution in [3.05, 3.63) is 35.4 Å². The van der Waals surface area contributed by atoms with Crippen LogP contribution in [0.4, 0.5) is 0 Å². The van der Waals surface area contributed by atoms with Crippen molar-refractivity contribution in [3.63, 3.8) is 0 Å². The first-order valence-electron chi connectivity index (χ1n) is 5.14. The van der Waals surface area contributed by atoms with Gasteiger partial charge in [-0.15, -0.1) is 0 Å². The number of Topliss-reactive ketones (excluding diaryl/α,β-unsaturated/α-hetero) is 1. The van der Waals surface area contributed by atoms with Crippen LogP contribution in [0.25, 0.3) is 0 Å². The maximum absolute atomic E-state index is 12.1. The van der Waals surface area contributed by atoms with Gasteiger partial charge in [0.25, 0.3) is 0 Å². The predicted molar refractivity (Wildman–Crippen MR) is 57.4 cm³/mol. The molecule has 1 aliphatic rings. The summed E-state index contributed by atoms with van der Waals surface area (Å²) in [5, 5.41) is 17.8. The van der Waals surface area contributed by atoms with Crippen molar-refractivity contribution in [2.24, 2.45) is 5.41 Å². The van der Waals surface area contributed by atoms with Crippen LogP contribution in [0.5, 0.6) is 0 Å². The number of nitriles is 2. The van der Waals surface area contributed by atoms with Gasteiger partial charge in [-0.25, -0.2) is 0 Å². The molecule has 0 N–H and O–H groups in total. The average Bonchev–Trinajstić information content (AvgIpc) is 2.61. The van der Waals surface area contributed by atoms with Crippen LogP contribution in [0.2, 0.25) is 0 Å². The van der Waals surface area contributed by atoms with E-state index < -0.39 is 5.41 Å². The summed E-state index contributed by atoms with van der Waals surface area (Å²) in [5.41, 5.74) is 0.563. The van der Waals surface area contributed by atoms with E-state index in [-0.39, 0.29) is 12.2 Å². The summed E-state index contributed by atoms with van der Waals surface area (Å²) in [6.07, 6.45) is 1.01. The third-order valence-corrected chi connectivity index (χ3v) is 3.07. The van der Waals surface area contributed by atoms with Crippen LogP contribution in [-0.2, 0) is 6.42 Å². The Morgan fingerprint density at radius 2 is 2.06 bits per heavy atom. The Kier molecular flexibility index (Phi) is 2.46. The Morgan fingerprint density at radius 1 is 1.31 bits per heavy atom. The van der Waals surface area contributed by atoms with Gasteiger partial charge in [0.15, 0.2) is 5.78 Å². The van der Waals surface area contributed by atoms with Gasteiger partial charge in [-0.05, 0) is 18.4 Å². The molecule has 78 valence electrons. The molecule has 0 saturated heterocycles. The van der Waals surface area contributed by atoms with Crippen molar-refractivity contribution in [1.29, 1.82) is 10.5 Å². The molecule has 3 nitrogen and oxygen atoms in total. The largest absolute Gasteiger partial charge is 0.292 e. The maximum atomic E-state index is 12.1. The lowest BCUT2D eigenvalue weighted by Gasteiger charge is -2.16. The van der Waals surface area contributed by atoms with E-state index in [9.17, 15) is 10.1 Å². The van der Waals surface area contributed by atoms with Gasteiger partial charge in [0.1, 0.15) is 5.41 Å². The number of carbonyl (C=O) groups excluding carboxylic acids is 1. The second-order valence-corrected chi connectivity index (χ2v) is 4.02. The van der Waals surface area contributed by atoms with Crippen LogP contribution in [0, 0.1) is 28.1 Å². The van der Waals surface area contributed by atoms with Gasteiger partial charge in [-0.1, -0.05) is 24.3 Å². The number of ketones is 1. The monoisotopic (exact) mass is 210 g/mol. The van der Waals surface area contributed by atoms with E-state index in [2.05, 4.69) is 6.07 Å². The fraction of sp³-hybridized carbons (Fsp3) is 0.308. The summed E-state index contributed by atoms with van der Waals surface area (Å²) in [7, 11) is 0. The lowest BCUT2D eigenvalue weighted by molar-refractivity contribution is 0.0874. The summed E-state index contributed by atoms with van der Waals surface area (Å²) in [6.45, 7) is 0. The third-order valence-electron chi connectivity index (χ3n) is 3.07. The SMILES string of the molecule is N#CCCC1(C#N)Cc2ccccc2C1=O. The zero-order chi connectivity index (χ0) is 11.6. The molecule has 0 saturated carbocycles. The third kappa shape index (κ3) is 1.38. The summed E-state index contributed by atoms with van der Waals surface area (Å²) in [5.74, 6) is -0.124. The van der Waals surface area contributed by atoms with Crippen molar-refractivity contribution < 1.29 is 4.79 Å². The number of nitrogens with zero attached hydrogens (tertiary/aromatic N) is 2. The molecule has 1 aliphatic carbocycles. The first-order chi connectivity index (χ1) is 7.73. The second-order valence-electron chi connectivity index (χ2n) is 4.02. The van der Waals surface area contributed by atoms with Crippen LogP contribution in [0.3, 0.4) is 0 Å². The molecule has 1 atom stereocenters. The first kappa shape index (κ1) is 10.4. The first-order valence-corrected chi connectivity index (χ1v) is 5.14. The van der Waals surface area contributed by atoms with E-state index in [1.54, 1.807) is 12.1 Å². The Bertz CT molecular complexity index is 521. The molecule has 1 aromatic rings. The molecule has 0 heterocycles. The molecular weight excluding hydrogens is 200 g/mol. The molecule has 3 heteroatoms. The number of hydrogen-bond acceptors (Lipinski definition) is 3. The van der Waals surface area contributed by atoms with Crippen LogP contribution < -0.4 is 0 Å². The highest BCUT2D eigenvalue weighted by atomic mass is 16.1. The van der Waals surface area contributed by atoms with E-state index in [0.29, 0.717) is 18.4 Å². The van der Waals surface area contributed by atoms with Gasteiger partial charge in [0.2, 0.25) is 0 Å². The quantitative estimate of drug-likeness (QED) is 0.751. The highest BCUT2D eigenvalue weighted by molar-refractivity contribution is 6.06. The normalized spacial score (nSPS) is 22.2. The van der Waals surface area contributed by atoms with Crippen LogP contribution in [0.1, 0.15) is 28.8 Å². The molecule has 1 aromatic carbocycles. The zero-order valence-corrected chi connectivity index (χ0v) is 8.73. The van der Waals surface area contributed by atoms with Crippen molar-refractivity contribution in [3.8, 4) is 12.1 Å². The maximum Gasteiger partial charge on any atom is 0.183 e. The smallest absolute Gasteiger partial charge is 0.183 e. The fourth-order valence-electron chi connectivity index (χ4n) is 2.18. The van der Waals surface area contributed by atoms with Crippen molar-refractivity contribution in [1.82, 2.24) is 0 Å². The van der Waals surface area contributed by atoms with Gasteiger partial charge < -0.3 is 0 Å². The van der Waals surface area contributed by atoms with Gasteiger partial charge in [0.05, 0.1) is 12.1 Å².